The molecule has 1 atom stereocenters. The quantitative estimate of drug-likeness (QED) is 0.508. The molecule has 6 nitrogen and oxygen atoms in total. The molecule has 2 aromatic rings. The van der Waals surface area contributed by atoms with Crippen molar-refractivity contribution in [3.63, 3.8) is 0 Å². The summed E-state index contributed by atoms with van der Waals surface area (Å²) in [5.41, 5.74) is 1.65. The zero-order chi connectivity index (χ0) is 20.0. The van der Waals surface area contributed by atoms with Gasteiger partial charge in [0.15, 0.2) is 11.4 Å². The van der Waals surface area contributed by atoms with Crippen LogP contribution in [0.25, 0.3) is 5.69 Å². The molecule has 1 fully saturated rings. The second kappa shape index (κ2) is 9.58. The van der Waals surface area contributed by atoms with Gasteiger partial charge in [0.25, 0.3) is 5.91 Å². The van der Waals surface area contributed by atoms with Crippen molar-refractivity contribution in [1.29, 1.82) is 0 Å². The van der Waals surface area contributed by atoms with Crippen molar-refractivity contribution in [2.75, 3.05) is 26.0 Å². The highest BCUT2D eigenvalue weighted by Gasteiger charge is 2.36. The molecule has 1 aliphatic rings. The van der Waals surface area contributed by atoms with Gasteiger partial charge >= 0.3 is 0 Å². The van der Waals surface area contributed by atoms with E-state index in [9.17, 15) is 4.79 Å². The van der Waals surface area contributed by atoms with Gasteiger partial charge in [0.05, 0.1) is 13.2 Å². The van der Waals surface area contributed by atoms with Gasteiger partial charge in [-0.25, -0.2) is 4.98 Å². The van der Waals surface area contributed by atoms with E-state index in [0.717, 1.165) is 30.1 Å². The summed E-state index contributed by atoms with van der Waals surface area (Å²) in [5, 5.41) is 3.94. The molecule has 1 aliphatic heterocycles. The van der Waals surface area contributed by atoms with Gasteiger partial charge in [0, 0.05) is 35.6 Å². The lowest BCUT2D eigenvalue weighted by Crippen LogP contribution is -2.34. The molecule has 1 saturated heterocycles. The Kier molecular flexibility index (Phi) is 7.15. The van der Waals surface area contributed by atoms with Crippen LogP contribution in [-0.4, -0.2) is 47.8 Å². The largest absolute Gasteiger partial charge is 0.352 e. The molecule has 1 aromatic heterocycles. The maximum atomic E-state index is 12.4. The summed E-state index contributed by atoms with van der Waals surface area (Å²) in [6.07, 6.45) is 8.39. The predicted octanol–water partition coefficient (Wildman–Crippen LogP) is 3.89. The Hall–Kier alpha value is -1.83. The summed E-state index contributed by atoms with van der Waals surface area (Å²) in [6.45, 7) is 6.34. The smallest absolute Gasteiger partial charge is 0.251 e. The van der Waals surface area contributed by atoms with Crippen LogP contribution in [0.5, 0.6) is 0 Å². The molecular weight excluding hydrogens is 374 g/mol. The van der Waals surface area contributed by atoms with Gasteiger partial charge in [-0.15, -0.1) is 0 Å². The molecule has 0 spiro atoms. The van der Waals surface area contributed by atoms with Gasteiger partial charge in [-0.2, -0.15) is 0 Å². The Morgan fingerprint density at radius 2 is 2.04 bits per heavy atom. The first-order valence-electron chi connectivity index (χ1n) is 9.76. The number of rotatable bonds is 9. The molecular formula is C21H29N3O3S. The Labute approximate surface area is 171 Å². The molecule has 0 bridgehead atoms. The van der Waals surface area contributed by atoms with Crippen molar-refractivity contribution in [3.8, 4) is 5.69 Å². The molecule has 152 valence electrons. The number of ether oxygens (including phenoxy) is 2. The predicted molar refractivity (Wildman–Crippen MR) is 111 cm³/mol. The average molecular weight is 404 g/mol. The number of carbonyl (C=O) groups excluding carboxylic acids is 1. The number of amides is 1. The lowest BCUT2D eigenvalue weighted by Gasteiger charge is -2.33. The fourth-order valence-electron chi connectivity index (χ4n) is 3.43. The summed E-state index contributed by atoms with van der Waals surface area (Å²) in [4.78, 5) is 16.7. The van der Waals surface area contributed by atoms with E-state index in [2.05, 4.69) is 24.1 Å². The lowest BCUT2D eigenvalue weighted by molar-refractivity contribution is -0.131. The first-order chi connectivity index (χ1) is 13.6. The van der Waals surface area contributed by atoms with Crippen LogP contribution < -0.4 is 5.32 Å². The van der Waals surface area contributed by atoms with Crippen LogP contribution in [0.2, 0.25) is 0 Å². The number of carbonyl (C=O) groups is 1. The SMILES string of the molecule is CCC(C)(CCCNC(=O)c1ccc(-n2ccnc2SC)cc1)C1OCCO1. The molecule has 7 heteroatoms. The van der Waals surface area contributed by atoms with Crippen LogP contribution in [-0.2, 0) is 9.47 Å². The standard InChI is InChI=1S/C21H29N3O3S/c1-4-21(2,19-26-14-15-27-19)10-5-11-22-18(25)16-6-8-17(9-7-16)24-13-12-23-20(24)28-3/h6-9,12-13,19H,4-5,10-11,14-15H2,1-3H3,(H,22,25). The Morgan fingerprint density at radius 1 is 1.32 bits per heavy atom. The first kappa shape index (κ1) is 20.9. The zero-order valence-corrected chi connectivity index (χ0v) is 17.6. The third-order valence-electron chi connectivity index (χ3n) is 5.41. The normalized spacial score (nSPS) is 16.8. The van der Waals surface area contributed by atoms with Gasteiger partial charge in [-0.1, -0.05) is 25.6 Å². The molecule has 1 aromatic carbocycles. The number of benzene rings is 1. The lowest BCUT2D eigenvalue weighted by atomic mass is 9.82. The molecule has 1 unspecified atom stereocenters. The minimum atomic E-state index is -0.130. The highest BCUT2D eigenvalue weighted by Crippen LogP contribution is 2.35. The molecule has 0 saturated carbocycles. The van der Waals surface area contributed by atoms with Crippen LogP contribution in [0.3, 0.4) is 0 Å². The summed E-state index contributed by atoms with van der Waals surface area (Å²) >= 11 is 1.59. The van der Waals surface area contributed by atoms with E-state index in [1.165, 1.54) is 0 Å². The van der Waals surface area contributed by atoms with Crippen LogP contribution in [0, 0.1) is 5.41 Å². The van der Waals surface area contributed by atoms with E-state index in [1.807, 2.05) is 41.3 Å². The van der Waals surface area contributed by atoms with E-state index in [0.29, 0.717) is 25.3 Å². The van der Waals surface area contributed by atoms with E-state index >= 15 is 0 Å². The Morgan fingerprint density at radius 3 is 2.68 bits per heavy atom. The Balaban J connectivity index is 1.49. The van der Waals surface area contributed by atoms with Crippen molar-refractivity contribution in [2.24, 2.45) is 5.41 Å². The third kappa shape index (κ3) is 4.77. The van der Waals surface area contributed by atoms with Crippen LogP contribution in [0.4, 0.5) is 0 Å². The maximum absolute atomic E-state index is 12.4. The molecule has 1 amide bonds. The number of aromatic nitrogens is 2. The van der Waals surface area contributed by atoms with E-state index in [1.54, 1.807) is 18.0 Å². The minimum absolute atomic E-state index is 0.0112. The number of nitrogens with one attached hydrogen (secondary N) is 1. The van der Waals surface area contributed by atoms with Crippen LogP contribution in [0.15, 0.2) is 41.8 Å². The second-order valence-electron chi connectivity index (χ2n) is 7.27. The van der Waals surface area contributed by atoms with Gasteiger partial charge < -0.3 is 14.8 Å². The van der Waals surface area contributed by atoms with Gasteiger partial charge in [0.2, 0.25) is 0 Å². The Bertz CT molecular complexity index is 771. The fourth-order valence-corrected chi connectivity index (χ4v) is 3.96. The maximum Gasteiger partial charge on any atom is 0.251 e. The highest BCUT2D eigenvalue weighted by atomic mass is 32.2. The topological polar surface area (TPSA) is 65.4 Å². The van der Waals surface area contributed by atoms with Crippen molar-refractivity contribution >= 4 is 17.7 Å². The first-order valence-corrected chi connectivity index (χ1v) is 11.0. The number of hydrogen-bond donors (Lipinski definition) is 1. The molecule has 3 rings (SSSR count). The third-order valence-corrected chi connectivity index (χ3v) is 6.07. The van der Waals surface area contributed by atoms with Crippen molar-refractivity contribution < 1.29 is 14.3 Å². The molecule has 28 heavy (non-hydrogen) atoms. The number of thioether (sulfide) groups is 1. The average Bonchev–Trinajstić information content (AvgIpc) is 3.43. The number of imidazole rings is 1. The fraction of sp³-hybridized carbons (Fsp3) is 0.524. The number of nitrogens with zero attached hydrogens (tertiary/aromatic N) is 2. The van der Waals surface area contributed by atoms with Crippen LogP contribution >= 0.6 is 11.8 Å². The van der Waals surface area contributed by atoms with Gasteiger partial charge in [-0.3, -0.25) is 9.36 Å². The van der Waals surface area contributed by atoms with Gasteiger partial charge in [0.1, 0.15) is 0 Å². The van der Waals surface area contributed by atoms with E-state index < -0.39 is 0 Å². The summed E-state index contributed by atoms with van der Waals surface area (Å²) in [6, 6.07) is 7.59. The highest BCUT2D eigenvalue weighted by molar-refractivity contribution is 7.98. The van der Waals surface area contributed by atoms with Gasteiger partial charge in [-0.05, 0) is 49.8 Å². The molecule has 1 N–H and O–H groups in total. The van der Waals surface area contributed by atoms with E-state index in [-0.39, 0.29) is 17.6 Å². The second-order valence-corrected chi connectivity index (χ2v) is 8.04. The van der Waals surface area contributed by atoms with Crippen molar-refractivity contribution in [3.05, 3.63) is 42.2 Å². The van der Waals surface area contributed by atoms with E-state index in [4.69, 9.17) is 9.47 Å². The summed E-state index contributed by atoms with van der Waals surface area (Å²) < 4.78 is 13.4. The van der Waals surface area contributed by atoms with Crippen molar-refractivity contribution in [2.45, 2.75) is 44.6 Å². The molecule has 0 aliphatic carbocycles. The summed E-state index contributed by atoms with van der Waals surface area (Å²) in [5.74, 6) is -0.0474. The molecule has 0 radical (unpaired) electrons. The summed E-state index contributed by atoms with van der Waals surface area (Å²) in [7, 11) is 0. The van der Waals surface area contributed by atoms with Crippen molar-refractivity contribution in [1.82, 2.24) is 14.9 Å². The minimum Gasteiger partial charge on any atom is -0.352 e. The molecule has 2 heterocycles. The van der Waals surface area contributed by atoms with Crippen LogP contribution in [0.1, 0.15) is 43.5 Å². The monoisotopic (exact) mass is 403 g/mol. The number of hydrogen-bond acceptors (Lipinski definition) is 5. The zero-order valence-electron chi connectivity index (χ0n) is 16.8.